The molecule has 0 saturated carbocycles. The quantitative estimate of drug-likeness (QED) is 0.510. The number of nitrogens with two attached hydrogens (primary N) is 1. The smallest absolute Gasteiger partial charge is 0.244 e. The lowest BCUT2D eigenvalue weighted by atomic mass is 10.2. The number of ether oxygens (including phenoxy) is 1. The van der Waals surface area contributed by atoms with Gasteiger partial charge in [0.1, 0.15) is 6.54 Å². The molecule has 1 rings (SSSR count). The minimum absolute atomic E-state index is 0.00240. The molecule has 0 bridgehead atoms. The molecule has 1 amide bonds. The van der Waals surface area contributed by atoms with Crippen LogP contribution in [0.3, 0.4) is 0 Å². The third-order valence-corrected chi connectivity index (χ3v) is 2.44. The lowest BCUT2D eigenvalue weighted by Gasteiger charge is -2.26. The molecule has 1 saturated heterocycles. The summed E-state index contributed by atoms with van der Waals surface area (Å²) in [4.78, 5) is 17.5. The van der Waals surface area contributed by atoms with Gasteiger partial charge in [0.25, 0.3) is 0 Å². The SMILES string of the molecule is CC(C)CNC(N)=NCC(=O)N1CCOCC1. The first-order valence-electron chi connectivity index (χ1n) is 5.99. The van der Waals surface area contributed by atoms with Crippen LogP contribution in [-0.4, -0.2) is 56.2 Å². The molecule has 1 aliphatic rings. The van der Waals surface area contributed by atoms with Crippen molar-refractivity contribution in [2.75, 3.05) is 39.4 Å². The second kappa shape index (κ2) is 7.11. The molecule has 17 heavy (non-hydrogen) atoms. The van der Waals surface area contributed by atoms with E-state index in [1.54, 1.807) is 4.90 Å². The molecule has 0 aromatic heterocycles. The van der Waals surface area contributed by atoms with E-state index >= 15 is 0 Å². The summed E-state index contributed by atoms with van der Waals surface area (Å²) in [6, 6.07) is 0. The summed E-state index contributed by atoms with van der Waals surface area (Å²) in [5.74, 6) is 0.835. The van der Waals surface area contributed by atoms with Crippen LogP contribution < -0.4 is 11.1 Å². The van der Waals surface area contributed by atoms with Crippen LogP contribution in [0.4, 0.5) is 0 Å². The summed E-state index contributed by atoms with van der Waals surface area (Å²) in [6.07, 6.45) is 0. The Morgan fingerprint density at radius 1 is 1.47 bits per heavy atom. The maximum Gasteiger partial charge on any atom is 0.244 e. The minimum atomic E-state index is 0.00240. The molecule has 0 spiro atoms. The van der Waals surface area contributed by atoms with Crippen molar-refractivity contribution in [2.24, 2.45) is 16.6 Å². The number of morpholine rings is 1. The van der Waals surface area contributed by atoms with Crippen molar-refractivity contribution in [1.82, 2.24) is 10.2 Å². The molecular weight excluding hydrogens is 220 g/mol. The fourth-order valence-electron chi connectivity index (χ4n) is 1.43. The highest BCUT2D eigenvalue weighted by atomic mass is 16.5. The Morgan fingerprint density at radius 3 is 2.71 bits per heavy atom. The van der Waals surface area contributed by atoms with Crippen molar-refractivity contribution in [1.29, 1.82) is 0 Å². The first-order chi connectivity index (χ1) is 8.09. The highest BCUT2D eigenvalue weighted by molar-refractivity contribution is 5.84. The Hall–Kier alpha value is -1.30. The summed E-state index contributed by atoms with van der Waals surface area (Å²) < 4.78 is 5.17. The Kier molecular flexibility index (Phi) is 5.76. The van der Waals surface area contributed by atoms with Crippen LogP contribution in [0, 0.1) is 5.92 Å². The van der Waals surface area contributed by atoms with Gasteiger partial charge in [-0.1, -0.05) is 13.8 Å². The molecule has 0 radical (unpaired) electrons. The zero-order valence-electron chi connectivity index (χ0n) is 10.6. The third-order valence-electron chi connectivity index (χ3n) is 2.44. The normalized spacial score (nSPS) is 17.4. The standard InChI is InChI=1S/C11H22N4O2/c1-9(2)7-13-11(12)14-8-10(16)15-3-5-17-6-4-15/h9H,3-8H2,1-2H3,(H3,12,13,14). The van der Waals surface area contributed by atoms with Crippen molar-refractivity contribution in [2.45, 2.75) is 13.8 Å². The lowest BCUT2D eigenvalue weighted by molar-refractivity contribution is -0.133. The second-order valence-corrected chi connectivity index (χ2v) is 4.47. The van der Waals surface area contributed by atoms with Gasteiger partial charge in [-0.3, -0.25) is 4.79 Å². The monoisotopic (exact) mass is 242 g/mol. The largest absolute Gasteiger partial charge is 0.378 e. The molecule has 3 N–H and O–H groups in total. The summed E-state index contributed by atoms with van der Waals surface area (Å²) in [6.45, 7) is 7.55. The average molecular weight is 242 g/mol. The van der Waals surface area contributed by atoms with Crippen LogP contribution in [0.25, 0.3) is 0 Å². The first-order valence-corrected chi connectivity index (χ1v) is 5.99. The molecule has 1 heterocycles. The van der Waals surface area contributed by atoms with Crippen molar-refractivity contribution in [3.05, 3.63) is 0 Å². The summed E-state index contributed by atoms with van der Waals surface area (Å²) in [7, 11) is 0. The molecule has 0 aromatic carbocycles. The fourth-order valence-corrected chi connectivity index (χ4v) is 1.43. The summed E-state index contributed by atoms with van der Waals surface area (Å²) in [5, 5.41) is 2.97. The zero-order valence-corrected chi connectivity index (χ0v) is 10.6. The van der Waals surface area contributed by atoms with Gasteiger partial charge in [0, 0.05) is 19.6 Å². The molecule has 98 valence electrons. The minimum Gasteiger partial charge on any atom is -0.378 e. The van der Waals surface area contributed by atoms with Gasteiger partial charge in [0.05, 0.1) is 13.2 Å². The van der Waals surface area contributed by atoms with Gasteiger partial charge in [0.2, 0.25) is 5.91 Å². The van der Waals surface area contributed by atoms with E-state index in [0.717, 1.165) is 6.54 Å². The maximum atomic E-state index is 11.7. The summed E-state index contributed by atoms with van der Waals surface area (Å²) >= 11 is 0. The highest BCUT2D eigenvalue weighted by Gasteiger charge is 2.15. The number of amides is 1. The molecule has 6 heteroatoms. The van der Waals surface area contributed by atoms with Crippen LogP contribution in [0.1, 0.15) is 13.8 Å². The summed E-state index contributed by atoms with van der Waals surface area (Å²) in [5.41, 5.74) is 5.64. The van der Waals surface area contributed by atoms with Crippen LogP contribution in [0.2, 0.25) is 0 Å². The molecular formula is C11H22N4O2. The first kappa shape index (κ1) is 13.8. The molecule has 0 aromatic rings. The van der Waals surface area contributed by atoms with Gasteiger partial charge in [-0.15, -0.1) is 0 Å². The third kappa shape index (κ3) is 5.53. The number of aliphatic imine (C=N–C) groups is 1. The van der Waals surface area contributed by atoms with Crippen molar-refractivity contribution < 1.29 is 9.53 Å². The number of hydrogen-bond donors (Lipinski definition) is 2. The Balaban J connectivity index is 2.27. The number of guanidine groups is 1. The number of nitrogens with one attached hydrogen (secondary N) is 1. The van der Waals surface area contributed by atoms with Gasteiger partial charge in [-0.05, 0) is 5.92 Å². The van der Waals surface area contributed by atoms with E-state index in [-0.39, 0.29) is 12.5 Å². The van der Waals surface area contributed by atoms with E-state index in [1.165, 1.54) is 0 Å². The van der Waals surface area contributed by atoms with Crippen LogP contribution in [0.5, 0.6) is 0 Å². The molecule has 0 atom stereocenters. The van der Waals surface area contributed by atoms with E-state index in [4.69, 9.17) is 10.5 Å². The van der Waals surface area contributed by atoms with E-state index in [2.05, 4.69) is 24.2 Å². The lowest BCUT2D eigenvalue weighted by Crippen LogP contribution is -2.42. The van der Waals surface area contributed by atoms with Crippen LogP contribution >= 0.6 is 0 Å². The number of carbonyl (C=O) groups is 1. The predicted octanol–water partition coefficient (Wildman–Crippen LogP) is -0.594. The van der Waals surface area contributed by atoms with E-state index < -0.39 is 0 Å². The van der Waals surface area contributed by atoms with Crippen LogP contribution in [0.15, 0.2) is 4.99 Å². The highest BCUT2D eigenvalue weighted by Crippen LogP contribution is 1.97. The van der Waals surface area contributed by atoms with E-state index in [1.807, 2.05) is 0 Å². The number of hydrogen-bond acceptors (Lipinski definition) is 3. The molecule has 0 unspecified atom stereocenters. The fraction of sp³-hybridized carbons (Fsp3) is 0.818. The maximum absolute atomic E-state index is 11.7. The van der Waals surface area contributed by atoms with Gasteiger partial charge < -0.3 is 20.7 Å². The Morgan fingerprint density at radius 2 is 2.12 bits per heavy atom. The number of rotatable bonds is 4. The predicted molar refractivity (Wildman–Crippen MR) is 66.7 cm³/mol. The number of carbonyl (C=O) groups excluding carboxylic acids is 1. The van der Waals surface area contributed by atoms with Crippen molar-refractivity contribution in [3.8, 4) is 0 Å². The molecule has 0 aliphatic carbocycles. The number of nitrogens with zero attached hydrogens (tertiary/aromatic N) is 2. The van der Waals surface area contributed by atoms with Gasteiger partial charge in [-0.2, -0.15) is 0 Å². The molecule has 1 fully saturated rings. The second-order valence-electron chi connectivity index (χ2n) is 4.47. The van der Waals surface area contributed by atoms with Crippen LogP contribution in [-0.2, 0) is 9.53 Å². The Labute approximate surface area is 102 Å². The topological polar surface area (TPSA) is 79.9 Å². The van der Waals surface area contributed by atoms with Gasteiger partial charge in [0.15, 0.2) is 5.96 Å². The zero-order chi connectivity index (χ0) is 12.7. The Bertz CT molecular complexity index is 273. The van der Waals surface area contributed by atoms with E-state index in [0.29, 0.717) is 38.2 Å². The molecule has 6 nitrogen and oxygen atoms in total. The van der Waals surface area contributed by atoms with Crippen molar-refractivity contribution in [3.63, 3.8) is 0 Å². The van der Waals surface area contributed by atoms with E-state index in [9.17, 15) is 4.79 Å². The van der Waals surface area contributed by atoms with Crippen molar-refractivity contribution >= 4 is 11.9 Å². The van der Waals surface area contributed by atoms with Gasteiger partial charge >= 0.3 is 0 Å². The average Bonchev–Trinajstić information content (AvgIpc) is 2.34. The van der Waals surface area contributed by atoms with Gasteiger partial charge in [-0.25, -0.2) is 4.99 Å². The molecule has 1 aliphatic heterocycles.